The highest BCUT2D eigenvalue weighted by Gasteiger charge is 2.26. The van der Waals surface area contributed by atoms with E-state index in [1.165, 1.54) is 0 Å². The summed E-state index contributed by atoms with van der Waals surface area (Å²) < 4.78 is 5.35. The quantitative estimate of drug-likeness (QED) is 0.877. The minimum Gasteiger partial charge on any atom is -0.495 e. The van der Waals surface area contributed by atoms with Gasteiger partial charge in [-0.05, 0) is 50.3 Å². The van der Waals surface area contributed by atoms with Crippen molar-refractivity contribution in [2.24, 2.45) is 11.7 Å². The van der Waals surface area contributed by atoms with Crippen molar-refractivity contribution in [2.75, 3.05) is 25.5 Å². The molecule has 1 saturated heterocycles. The molecule has 0 aromatic heterocycles. The predicted octanol–water partition coefficient (Wildman–Crippen LogP) is 2.39. The van der Waals surface area contributed by atoms with Crippen molar-refractivity contribution in [1.82, 2.24) is 4.90 Å². The van der Waals surface area contributed by atoms with Gasteiger partial charge in [0, 0.05) is 30.6 Å². The van der Waals surface area contributed by atoms with Gasteiger partial charge >= 0.3 is 0 Å². The largest absolute Gasteiger partial charge is 0.495 e. The van der Waals surface area contributed by atoms with Crippen LogP contribution in [0.4, 0.5) is 5.69 Å². The SMILES string of the molecule is COc1ccc(C(=O)N2CCCC2)cc1NC(=O)C1CCCC(N)C1. The highest BCUT2D eigenvalue weighted by atomic mass is 16.5. The summed E-state index contributed by atoms with van der Waals surface area (Å²) in [4.78, 5) is 27.0. The van der Waals surface area contributed by atoms with E-state index in [1.807, 2.05) is 4.90 Å². The summed E-state index contributed by atoms with van der Waals surface area (Å²) in [5.41, 5.74) is 7.13. The van der Waals surface area contributed by atoms with Crippen LogP contribution in [0, 0.1) is 5.92 Å². The molecule has 2 fully saturated rings. The predicted molar refractivity (Wildman–Crippen MR) is 96.7 cm³/mol. The van der Waals surface area contributed by atoms with Gasteiger partial charge in [0.25, 0.3) is 5.91 Å². The molecule has 3 rings (SSSR count). The monoisotopic (exact) mass is 345 g/mol. The second kappa shape index (κ2) is 7.87. The molecular formula is C19H27N3O3. The van der Waals surface area contributed by atoms with Crippen molar-refractivity contribution < 1.29 is 14.3 Å². The first-order valence-electron chi connectivity index (χ1n) is 9.12. The van der Waals surface area contributed by atoms with Crippen LogP contribution in [-0.4, -0.2) is 43.0 Å². The molecule has 1 aliphatic heterocycles. The van der Waals surface area contributed by atoms with Crippen molar-refractivity contribution in [1.29, 1.82) is 0 Å². The summed E-state index contributed by atoms with van der Waals surface area (Å²) in [6.07, 6.45) is 5.62. The highest BCUT2D eigenvalue weighted by Crippen LogP contribution is 2.29. The second-order valence-corrected chi connectivity index (χ2v) is 7.03. The zero-order valence-electron chi connectivity index (χ0n) is 14.8. The Kier molecular flexibility index (Phi) is 5.58. The molecule has 1 saturated carbocycles. The highest BCUT2D eigenvalue weighted by molar-refractivity contribution is 5.99. The average Bonchev–Trinajstić information content (AvgIpc) is 3.15. The molecule has 3 N–H and O–H groups in total. The maximum atomic E-state index is 12.6. The third-order valence-electron chi connectivity index (χ3n) is 5.18. The molecule has 6 heteroatoms. The lowest BCUT2D eigenvalue weighted by molar-refractivity contribution is -0.120. The van der Waals surface area contributed by atoms with Gasteiger partial charge in [-0.2, -0.15) is 0 Å². The molecule has 1 heterocycles. The third kappa shape index (κ3) is 4.12. The van der Waals surface area contributed by atoms with E-state index in [4.69, 9.17) is 10.5 Å². The zero-order chi connectivity index (χ0) is 17.8. The van der Waals surface area contributed by atoms with Crippen LogP contribution in [0.3, 0.4) is 0 Å². The van der Waals surface area contributed by atoms with Crippen LogP contribution >= 0.6 is 0 Å². The maximum Gasteiger partial charge on any atom is 0.253 e. The molecule has 0 spiro atoms. The van der Waals surface area contributed by atoms with Gasteiger partial charge in [0.2, 0.25) is 5.91 Å². The van der Waals surface area contributed by atoms with E-state index in [2.05, 4.69) is 5.32 Å². The molecule has 6 nitrogen and oxygen atoms in total. The fourth-order valence-electron chi connectivity index (χ4n) is 3.74. The number of hydrogen-bond acceptors (Lipinski definition) is 4. The van der Waals surface area contributed by atoms with Gasteiger partial charge < -0.3 is 20.7 Å². The Morgan fingerprint density at radius 3 is 2.64 bits per heavy atom. The minimum absolute atomic E-state index is 0.00957. The van der Waals surface area contributed by atoms with Crippen molar-refractivity contribution in [3.8, 4) is 5.75 Å². The van der Waals surface area contributed by atoms with E-state index in [0.717, 1.165) is 45.2 Å². The molecule has 2 aliphatic rings. The van der Waals surface area contributed by atoms with Gasteiger partial charge in [-0.1, -0.05) is 6.42 Å². The van der Waals surface area contributed by atoms with Crippen LogP contribution in [0.5, 0.6) is 5.75 Å². The van der Waals surface area contributed by atoms with E-state index in [1.54, 1.807) is 25.3 Å². The summed E-state index contributed by atoms with van der Waals surface area (Å²) in [5, 5.41) is 2.95. The molecule has 1 aliphatic carbocycles. The number of benzene rings is 1. The Labute approximate surface area is 148 Å². The Bertz CT molecular complexity index is 641. The number of nitrogens with zero attached hydrogens (tertiary/aromatic N) is 1. The van der Waals surface area contributed by atoms with Gasteiger partial charge in [0.1, 0.15) is 5.75 Å². The molecule has 2 atom stereocenters. The van der Waals surface area contributed by atoms with E-state index >= 15 is 0 Å². The van der Waals surface area contributed by atoms with Crippen LogP contribution in [0.2, 0.25) is 0 Å². The van der Waals surface area contributed by atoms with Crippen molar-refractivity contribution >= 4 is 17.5 Å². The molecule has 1 aromatic carbocycles. The van der Waals surface area contributed by atoms with Gasteiger partial charge in [-0.3, -0.25) is 9.59 Å². The molecule has 25 heavy (non-hydrogen) atoms. The van der Waals surface area contributed by atoms with Gasteiger partial charge in [-0.25, -0.2) is 0 Å². The number of methoxy groups -OCH3 is 1. The number of nitrogens with one attached hydrogen (secondary N) is 1. The summed E-state index contributed by atoms with van der Waals surface area (Å²) >= 11 is 0. The lowest BCUT2D eigenvalue weighted by Gasteiger charge is -2.26. The third-order valence-corrected chi connectivity index (χ3v) is 5.18. The first-order chi connectivity index (χ1) is 12.1. The minimum atomic E-state index is -0.0774. The number of ether oxygens (including phenoxy) is 1. The van der Waals surface area contributed by atoms with E-state index in [-0.39, 0.29) is 23.8 Å². The number of hydrogen-bond donors (Lipinski definition) is 2. The molecule has 2 amide bonds. The van der Waals surface area contributed by atoms with Crippen LogP contribution in [0.25, 0.3) is 0 Å². The van der Waals surface area contributed by atoms with Crippen molar-refractivity contribution in [3.63, 3.8) is 0 Å². The number of rotatable bonds is 4. The Morgan fingerprint density at radius 2 is 1.96 bits per heavy atom. The zero-order valence-corrected chi connectivity index (χ0v) is 14.8. The fraction of sp³-hybridized carbons (Fsp3) is 0.579. The van der Waals surface area contributed by atoms with Crippen LogP contribution < -0.4 is 15.8 Å². The lowest BCUT2D eigenvalue weighted by atomic mass is 9.85. The number of carbonyl (C=O) groups excluding carboxylic acids is 2. The lowest BCUT2D eigenvalue weighted by Crippen LogP contribution is -2.34. The molecule has 0 radical (unpaired) electrons. The Balaban J connectivity index is 1.75. The van der Waals surface area contributed by atoms with Crippen LogP contribution in [0.1, 0.15) is 48.9 Å². The summed E-state index contributed by atoms with van der Waals surface area (Å²) in [6, 6.07) is 5.31. The van der Waals surface area contributed by atoms with E-state index in [0.29, 0.717) is 23.4 Å². The number of nitrogens with two attached hydrogens (primary N) is 1. The van der Waals surface area contributed by atoms with Gasteiger partial charge in [-0.15, -0.1) is 0 Å². The Hall–Kier alpha value is -2.08. The second-order valence-electron chi connectivity index (χ2n) is 7.03. The van der Waals surface area contributed by atoms with Crippen molar-refractivity contribution in [3.05, 3.63) is 23.8 Å². The molecule has 0 bridgehead atoms. The molecule has 2 unspecified atom stereocenters. The fourth-order valence-corrected chi connectivity index (χ4v) is 3.74. The molecule has 136 valence electrons. The standard InChI is InChI=1S/C19H27N3O3/c1-25-17-8-7-14(19(24)22-9-2-3-10-22)12-16(17)21-18(23)13-5-4-6-15(20)11-13/h7-8,12-13,15H,2-6,9-11,20H2,1H3,(H,21,23). The van der Waals surface area contributed by atoms with Crippen molar-refractivity contribution in [2.45, 2.75) is 44.6 Å². The van der Waals surface area contributed by atoms with Gasteiger partial charge in [0.05, 0.1) is 12.8 Å². The number of carbonyl (C=O) groups is 2. The summed E-state index contributed by atoms with van der Waals surface area (Å²) in [6.45, 7) is 1.60. The Morgan fingerprint density at radius 1 is 1.20 bits per heavy atom. The normalized spacial score (nSPS) is 23.4. The molecular weight excluding hydrogens is 318 g/mol. The number of anilines is 1. The van der Waals surface area contributed by atoms with Gasteiger partial charge in [0.15, 0.2) is 0 Å². The summed E-state index contributed by atoms with van der Waals surface area (Å²) in [5.74, 6) is 0.451. The van der Waals surface area contributed by atoms with Crippen LogP contribution in [0.15, 0.2) is 18.2 Å². The summed E-state index contributed by atoms with van der Waals surface area (Å²) in [7, 11) is 1.56. The first-order valence-corrected chi connectivity index (χ1v) is 9.12. The topological polar surface area (TPSA) is 84.7 Å². The number of likely N-dealkylation sites (tertiary alicyclic amines) is 1. The maximum absolute atomic E-state index is 12.6. The first kappa shape index (κ1) is 17.7. The van der Waals surface area contributed by atoms with E-state index < -0.39 is 0 Å². The smallest absolute Gasteiger partial charge is 0.253 e. The van der Waals surface area contributed by atoms with E-state index in [9.17, 15) is 9.59 Å². The molecule has 1 aromatic rings. The average molecular weight is 345 g/mol. The van der Waals surface area contributed by atoms with Crippen LogP contribution in [-0.2, 0) is 4.79 Å². The number of amides is 2.